The van der Waals surface area contributed by atoms with Gasteiger partial charge in [0, 0.05) is 18.4 Å². The van der Waals surface area contributed by atoms with Gasteiger partial charge in [-0.15, -0.1) is 10.2 Å². The van der Waals surface area contributed by atoms with Gasteiger partial charge in [-0.05, 0) is 42.3 Å². The molecule has 1 atom stereocenters. The van der Waals surface area contributed by atoms with Crippen LogP contribution in [0.1, 0.15) is 31.1 Å². The predicted octanol–water partition coefficient (Wildman–Crippen LogP) is 5.09. The third-order valence-electron chi connectivity index (χ3n) is 5.47. The summed E-state index contributed by atoms with van der Waals surface area (Å²) >= 11 is 0. The maximum atomic E-state index is 12.4. The number of carbonyl (C=O) groups excluding carboxylic acids is 1. The molecule has 2 heterocycles. The minimum Gasteiger partial charge on any atom is -0.421 e. The molecule has 7 heteroatoms. The van der Waals surface area contributed by atoms with E-state index in [0.717, 1.165) is 33.5 Å². The van der Waals surface area contributed by atoms with Gasteiger partial charge in [0.05, 0.1) is 17.1 Å². The largest absolute Gasteiger partial charge is 0.421 e. The van der Waals surface area contributed by atoms with Crippen LogP contribution in [0.5, 0.6) is 0 Å². The van der Waals surface area contributed by atoms with Crippen molar-refractivity contribution in [1.82, 2.24) is 25.5 Å². The Labute approximate surface area is 190 Å². The van der Waals surface area contributed by atoms with Crippen LogP contribution < -0.4 is 5.32 Å². The molecule has 0 radical (unpaired) electrons. The van der Waals surface area contributed by atoms with E-state index >= 15 is 0 Å². The molecular weight excluding hydrogens is 414 g/mol. The molecule has 33 heavy (non-hydrogen) atoms. The van der Waals surface area contributed by atoms with Gasteiger partial charge in [-0.25, -0.2) is 4.98 Å². The summed E-state index contributed by atoms with van der Waals surface area (Å²) in [5, 5.41) is 11.2. The summed E-state index contributed by atoms with van der Waals surface area (Å²) in [5.74, 6) is 1.50. The number of nitrogens with one attached hydrogen (secondary N) is 2. The maximum absolute atomic E-state index is 12.4. The monoisotopic (exact) mass is 437 g/mol. The number of benzene rings is 3. The Hall–Kier alpha value is -4.26. The third-order valence-corrected chi connectivity index (χ3v) is 5.47. The molecule has 0 bridgehead atoms. The van der Waals surface area contributed by atoms with Crippen molar-refractivity contribution in [3.8, 4) is 22.6 Å². The second-order valence-electron chi connectivity index (χ2n) is 7.87. The van der Waals surface area contributed by atoms with Crippen LogP contribution >= 0.6 is 0 Å². The lowest BCUT2D eigenvalue weighted by Crippen LogP contribution is -2.27. The van der Waals surface area contributed by atoms with E-state index in [2.05, 4.69) is 37.6 Å². The van der Waals surface area contributed by atoms with Crippen LogP contribution in [-0.4, -0.2) is 26.1 Å². The SMILES string of the molecule is C[C@@H](NC(=O)CCc1nnc(-c2ccc(-c3ccccc3)cc2)o1)c1nc2ccccc2[nH]1. The summed E-state index contributed by atoms with van der Waals surface area (Å²) in [7, 11) is 0. The standard InChI is InChI=1S/C26H23N5O2/c1-17(25-28-21-9-5-6-10-22(21)29-25)27-23(32)15-16-24-30-31-26(33-24)20-13-11-19(12-14-20)18-7-3-2-4-8-18/h2-14,17H,15-16H2,1H3,(H,27,32)(H,28,29)/t17-/m1/s1. The van der Waals surface area contributed by atoms with Gasteiger partial charge in [-0.1, -0.05) is 54.6 Å². The minimum absolute atomic E-state index is 0.102. The molecule has 1 amide bonds. The highest BCUT2D eigenvalue weighted by Gasteiger charge is 2.15. The number of amides is 1. The zero-order valence-corrected chi connectivity index (χ0v) is 18.2. The van der Waals surface area contributed by atoms with E-state index in [1.807, 2.05) is 73.7 Å². The number of hydrogen-bond donors (Lipinski definition) is 2. The molecule has 0 saturated carbocycles. The quantitative estimate of drug-likeness (QED) is 0.370. The Morgan fingerprint density at radius 2 is 1.61 bits per heavy atom. The normalized spacial score (nSPS) is 12.0. The summed E-state index contributed by atoms with van der Waals surface area (Å²) in [5.41, 5.74) is 4.94. The molecule has 0 aliphatic carbocycles. The smallest absolute Gasteiger partial charge is 0.247 e. The summed E-state index contributed by atoms with van der Waals surface area (Å²) in [6.07, 6.45) is 0.618. The van der Waals surface area contributed by atoms with Crippen molar-refractivity contribution < 1.29 is 9.21 Å². The molecular formula is C26H23N5O2. The lowest BCUT2D eigenvalue weighted by atomic mass is 10.0. The molecule has 5 rings (SSSR count). The number of fused-ring (bicyclic) bond motifs is 1. The van der Waals surface area contributed by atoms with Crippen LogP contribution in [-0.2, 0) is 11.2 Å². The summed E-state index contributed by atoms with van der Waals surface area (Å²) in [6, 6.07) is 25.7. The van der Waals surface area contributed by atoms with Crippen LogP contribution in [0.2, 0.25) is 0 Å². The van der Waals surface area contributed by atoms with Gasteiger partial charge in [0.2, 0.25) is 17.7 Å². The van der Waals surface area contributed by atoms with Gasteiger partial charge in [-0.3, -0.25) is 4.79 Å². The number of aromatic nitrogens is 4. The number of carbonyl (C=O) groups is 1. The lowest BCUT2D eigenvalue weighted by Gasteiger charge is -2.10. The fourth-order valence-electron chi connectivity index (χ4n) is 3.69. The second kappa shape index (κ2) is 9.08. The van der Waals surface area contributed by atoms with Gasteiger partial charge in [0.15, 0.2) is 0 Å². The van der Waals surface area contributed by atoms with Crippen molar-refractivity contribution in [3.05, 3.63) is 90.6 Å². The van der Waals surface area contributed by atoms with E-state index in [4.69, 9.17) is 4.42 Å². The van der Waals surface area contributed by atoms with Gasteiger partial charge in [-0.2, -0.15) is 0 Å². The van der Waals surface area contributed by atoms with E-state index in [-0.39, 0.29) is 18.4 Å². The van der Waals surface area contributed by atoms with Gasteiger partial charge in [0.1, 0.15) is 5.82 Å². The fraction of sp³-hybridized carbons (Fsp3) is 0.154. The van der Waals surface area contributed by atoms with E-state index in [1.165, 1.54) is 0 Å². The Bertz CT molecular complexity index is 1340. The molecule has 0 aliphatic heterocycles. The average molecular weight is 438 g/mol. The molecule has 7 nitrogen and oxygen atoms in total. The molecule has 0 saturated heterocycles. The second-order valence-corrected chi connectivity index (χ2v) is 7.87. The van der Waals surface area contributed by atoms with Crippen molar-refractivity contribution in [2.75, 3.05) is 0 Å². The Balaban J connectivity index is 1.17. The fourth-order valence-corrected chi connectivity index (χ4v) is 3.69. The zero-order valence-electron chi connectivity index (χ0n) is 18.2. The van der Waals surface area contributed by atoms with Gasteiger partial charge >= 0.3 is 0 Å². The van der Waals surface area contributed by atoms with E-state index in [0.29, 0.717) is 18.2 Å². The third kappa shape index (κ3) is 4.67. The molecule has 2 N–H and O–H groups in total. The highest BCUT2D eigenvalue weighted by molar-refractivity contribution is 5.77. The molecule has 2 aromatic heterocycles. The summed E-state index contributed by atoms with van der Waals surface area (Å²) in [4.78, 5) is 20.2. The molecule has 0 aliphatic rings. The van der Waals surface area contributed by atoms with Crippen LogP contribution in [0.15, 0.2) is 83.3 Å². The van der Waals surface area contributed by atoms with Crippen LogP contribution in [0.3, 0.4) is 0 Å². The van der Waals surface area contributed by atoms with E-state index < -0.39 is 0 Å². The molecule has 0 fully saturated rings. The Morgan fingerprint density at radius 3 is 2.39 bits per heavy atom. The van der Waals surface area contributed by atoms with Crippen molar-refractivity contribution in [1.29, 1.82) is 0 Å². The van der Waals surface area contributed by atoms with Crippen molar-refractivity contribution in [2.45, 2.75) is 25.8 Å². The van der Waals surface area contributed by atoms with Gasteiger partial charge in [0.25, 0.3) is 0 Å². The topological polar surface area (TPSA) is 96.7 Å². The minimum atomic E-state index is -0.230. The van der Waals surface area contributed by atoms with Crippen molar-refractivity contribution in [2.24, 2.45) is 0 Å². The number of aromatic amines is 1. The van der Waals surface area contributed by atoms with Crippen LogP contribution in [0.25, 0.3) is 33.6 Å². The Kier molecular flexibility index (Phi) is 5.68. The number of hydrogen-bond acceptors (Lipinski definition) is 5. The molecule has 0 unspecified atom stereocenters. The summed E-state index contributed by atoms with van der Waals surface area (Å²) < 4.78 is 5.77. The first-order valence-electron chi connectivity index (χ1n) is 10.9. The molecule has 0 spiro atoms. The Morgan fingerprint density at radius 1 is 0.909 bits per heavy atom. The zero-order chi connectivity index (χ0) is 22.6. The van der Waals surface area contributed by atoms with Gasteiger partial charge < -0.3 is 14.7 Å². The number of para-hydroxylation sites is 2. The number of rotatable bonds is 7. The molecule has 3 aromatic carbocycles. The number of imidazole rings is 1. The predicted molar refractivity (Wildman–Crippen MR) is 126 cm³/mol. The first-order valence-corrected chi connectivity index (χ1v) is 10.9. The highest BCUT2D eigenvalue weighted by Crippen LogP contribution is 2.24. The number of aryl methyl sites for hydroxylation is 1. The van der Waals surface area contributed by atoms with E-state index in [9.17, 15) is 4.79 Å². The first-order chi connectivity index (χ1) is 16.2. The lowest BCUT2D eigenvalue weighted by molar-refractivity contribution is -0.121. The summed E-state index contributed by atoms with van der Waals surface area (Å²) in [6.45, 7) is 1.90. The average Bonchev–Trinajstić information content (AvgIpc) is 3.51. The van der Waals surface area contributed by atoms with Crippen LogP contribution in [0, 0.1) is 0 Å². The first kappa shape index (κ1) is 20.6. The molecule has 5 aromatic rings. The van der Waals surface area contributed by atoms with Crippen molar-refractivity contribution >= 4 is 16.9 Å². The highest BCUT2D eigenvalue weighted by atomic mass is 16.4. The number of H-pyrrole nitrogens is 1. The van der Waals surface area contributed by atoms with Crippen LogP contribution in [0.4, 0.5) is 0 Å². The van der Waals surface area contributed by atoms with Crippen molar-refractivity contribution in [3.63, 3.8) is 0 Å². The molecule has 164 valence electrons. The number of nitrogens with zero attached hydrogens (tertiary/aromatic N) is 3. The maximum Gasteiger partial charge on any atom is 0.247 e. The van der Waals surface area contributed by atoms with E-state index in [1.54, 1.807) is 0 Å².